The largest absolute Gasteiger partial charge is 0.455 e. The van der Waals surface area contributed by atoms with Gasteiger partial charge in [-0.25, -0.2) is 0 Å². The summed E-state index contributed by atoms with van der Waals surface area (Å²) in [5.74, 6) is -2.27. The van der Waals surface area contributed by atoms with Crippen LogP contribution >= 0.6 is 0 Å². The van der Waals surface area contributed by atoms with Gasteiger partial charge in [-0.15, -0.1) is 0 Å². The molecular weight excluding hydrogens is 360 g/mol. The van der Waals surface area contributed by atoms with E-state index in [9.17, 15) is 23.2 Å². The smallest absolute Gasteiger partial charge is 0.387 e. The Morgan fingerprint density at radius 3 is 2.22 bits per heavy atom. The molecule has 27 heavy (non-hydrogen) atoms. The number of amides is 2. The van der Waals surface area contributed by atoms with Gasteiger partial charge in [0.2, 0.25) is 0 Å². The van der Waals surface area contributed by atoms with Gasteiger partial charge in [-0.05, 0) is 36.8 Å². The molecule has 6 nitrogen and oxygen atoms in total. The summed E-state index contributed by atoms with van der Waals surface area (Å²) in [5.41, 5.74) is 1.86. The molecule has 2 aromatic rings. The fraction of sp³-hybridized carbons (Fsp3) is 0.211. The van der Waals surface area contributed by atoms with Gasteiger partial charge >= 0.3 is 12.6 Å². The van der Waals surface area contributed by atoms with Crippen LogP contribution in [0.1, 0.15) is 21.5 Å². The van der Waals surface area contributed by atoms with Crippen LogP contribution in [0, 0.1) is 6.92 Å². The van der Waals surface area contributed by atoms with Crippen LogP contribution in [0.25, 0.3) is 0 Å². The summed E-state index contributed by atoms with van der Waals surface area (Å²) < 4.78 is 33.1. The van der Waals surface area contributed by atoms with Gasteiger partial charge in [-0.2, -0.15) is 8.78 Å². The highest BCUT2D eigenvalue weighted by atomic mass is 19.3. The Kier molecular flexibility index (Phi) is 6.99. The van der Waals surface area contributed by atoms with Gasteiger partial charge in [0.1, 0.15) is 5.75 Å². The van der Waals surface area contributed by atoms with Crippen LogP contribution in [0.5, 0.6) is 5.75 Å². The summed E-state index contributed by atoms with van der Waals surface area (Å²) in [6.07, 6.45) is 0.00705. The zero-order chi connectivity index (χ0) is 19.8. The van der Waals surface area contributed by atoms with E-state index in [-0.39, 0.29) is 17.7 Å². The average molecular weight is 377 g/mol. The third kappa shape index (κ3) is 6.85. The molecule has 0 bridgehead atoms. The fourth-order valence-electron chi connectivity index (χ4n) is 2.09. The number of hydrogen-bond acceptors (Lipinski definition) is 5. The number of carbonyl (C=O) groups is 3. The van der Waals surface area contributed by atoms with E-state index in [0.717, 1.165) is 11.1 Å². The molecule has 0 aliphatic carbocycles. The van der Waals surface area contributed by atoms with E-state index in [1.54, 1.807) is 12.1 Å². The maximum atomic E-state index is 12.1. The van der Waals surface area contributed by atoms with Gasteiger partial charge in [0.05, 0.1) is 6.42 Å². The minimum absolute atomic E-state index is 0.00705. The highest BCUT2D eigenvalue weighted by Crippen LogP contribution is 2.14. The van der Waals surface area contributed by atoms with Crippen LogP contribution < -0.4 is 10.1 Å². The summed E-state index contributed by atoms with van der Waals surface area (Å²) >= 11 is 0. The van der Waals surface area contributed by atoms with Gasteiger partial charge in [-0.3, -0.25) is 19.7 Å². The third-order valence-corrected chi connectivity index (χ3v) is 3.43. The standard InChI is InChI=1S/C19H17F2NO5/c1-12-2-4-13(5-3-12)10-17(24)26-11-16(23)22-18(25)14-6-8-15(9-7-14)27-19(20)21/h2-9,19H,10-11H2,1H3,(H,22,23,25). The molecule has 1 N–H and O–H groups in total. The highest BCUT2D eigenvalue weighted by molar-refractivity contribution is 6.05. The summed E-state index contributed by atoms with van der Waals surface area (Å²) in [6.45, 7) is -1.66. The zero-order valence-corrected chi connectivity index (χ0v) is 14.4. The van der Waals surface area contributed by atoms with Crippen LogP contribution in [0.3, 0.4) is 0 Å². The quantitative estimate of drug-likeness (QED) is 0.751. The number of benzene rings is 2. The van der Waals surface area contributed by atoms with Crippen molar-refractivity contribution >= 4 is 17.8 Å². The second-order valence-corrected chi connectivity index (χ2v) is 5.60. The maximum absolute atomic E-state index is 12.1. The molecule has 2 amide bonds. The van der Waals surface area contributed by atoms with E-state index in [2.05, 4.69) is 4.74 Å². The molecule has 0 aliphatic heterocycles. The molecular formula is C19H17F2NO5. The summed E-state index contributed by atoms with van der Waals surface area (Å²) in [5, 5.41) is 2.04. The topological polar surface area (TPSA) is 81.7 Å². The van der Waals surface area contributed by atoms with Crippen LogP contribution in [-0.4, -0.2) is 31.0 Å². The molecule has 0 atom stereocenters. The van der Waals surface area contributed by atoms with E-state index in [1.807, 2.05) is 24.4 Å². The molecule has 142 valence electrons. The molecule has 0 saturated carbocycles. The molecule has 0 aliphatic rings. The second-order valence-electron chi connectivity index (χ2n) is 5.60. The van der Waals surface area contributed by atoms with E-state index in [1.165, 1.54) is 24.3 Å². The summed E-state index contributed by atoms with van der Waals surface area (Å²) in [7, 11) is 0. The molecule has 0 saturated heterocycles. The first kappa shape index (κ1) is 20.0. The SMILES string of the molecule is Cc1ccc(CC(=O)OCC(=O)NC(=O)c2ccc(OC(F)F)cc2)cc1. The number of halogens is 2. The van der Waals surface area contributed by atoms with Crippen molar-refractivity contribution in [3.8, 4) is 5.75 Å². The molecule has 2 aromatic carbocycles. The second kappa shape index (κ2) is 9.42. The lowest BCUT2D eigenvalue weighted by atomic mass is 10.1. The molecule has 0 spiro atoms. The lowest BCUT2D eigenvalue weighted by Crippen LogP contribution is -2.34. The van der Waals surface area contributed by atoms with Crippen molar-refractivity contribution in [2.24, 2.45) is 0 Å². The van der Waals surface area contributed by atoms with Crippen molar-refractivity contribution in [3.63, 3.8) is 0 Å². The van der Waals surface area contributed by atoms with E-state index >= 15 is 0 Å². The first-order valence-electron chi connectivity index (χ1n) is 7.93. The van der Waals surface area contributed by atoms with Crippen molar-refractivity contribution in [3.05, 3.63) is 65.2 Å². The molecule has 0 fully saturated rings. The van der Waals surface area contributed by atoms with Crippen molar-refractivity contribution in [2.75, 3.05) is 6.61 Å². The maximum Gasteiger partial charge on any atom is 0.387 e. The minimum atomic E-state index is -2.97. The number of hydrogen-bond donors (Lipinski definition) is 1. The van der Waals surface area contributed by atoms with Crippen molar-refractivity contribution < 1.29 is 32.6 Å². The summed E-state index contributed by atoms with van der Waals surface area (Å²) in [6, 6.07) is 12.1. The number of aryl methyl sites for hydroxylation is 1. The van der Waals surface area contributed by atoms with Crippen LogP contribution in [-0.2, 0) is 20.7 Å². The fourth-order valence-corrected chi connectivity index (χ4v) is 2.09. The molecule has 0 radical (unpaired) electrons. The Hall–Kier alpha value is -3.29. The average Bonchev–Trinajstić information content (AvgIpc) is 2.62. The van der Waals surface area contributed by atoms with Crippen LogP contribution in [0.4, 0.5) is 8.78 Å². The molecule has 2 rings (SSSR count). The van der Waals surface area contributed by atoms with Gasteiger partial charge in [0.25, 0.3) is 11.8 Å². The first-order valence-corrected chi connectivity index (χ1v) is 7.93. The van der Waals surface area contributed by atoms with E-state index < -0.39 is 31.0 Å². The number of esters is 1. The monoisotopic (exact) mass is 377 g/mol. The van der Waals surface area contributed by atoms with Gasteiger partial charge in [0, 0.05) is 5.56 Å². The van der Waals surface area contributed by atoms with Crippen molar-refractivity contribution in [1.82, 2.24) is 5.32 Å². The number of imide groups is 1. The van der Waals surface area contributed by atoms with Crippen LogP contribution in [0.15, 0.2) is 48.5 Å². The Labute approximate surface area is 154 Å². The van der Waals surface area contributed by atoms with Gasteiger partial charge in [0.15, 0.2) is 6.61 Å². The van der Waals surface area contributed by atoms with E-state index in [4.69, 9.17) is 4.74 Å². The highest BCUT2D eigenvalue weighted by Gasteiger charge is 2.13. The van der Waals surface area contributed by atoms with Gasteiger partial charge in [-0.1, -0.05) is 29.8 Å². The molecule has 8 heteroatoms. The molecule has 0 heterocycles. The first-order chi connectivity index (χ1) is 12.8. The lowest BCUT2D eigenvalue weighted by Gasteiger charge is -2.07. The Morgan fingerprint density at radius 1 is 1.00 bits per heavy atom. The predicted octanol–water partition coefficient (Wildman–Crippen LogP) is 2.64. The number of rotatable bonds is 7. The number of alkyl halides is 2. The Balaban J connectivity index is 1.78. The summed E-state index contributed by atoms with van der Waals surface area (Å²) in [4.78, 5) is 35.3. The van der Waals surface area contributed by atoms with Crippen LogP contribution in [0.2, 0.25) is 0 Å². The number of nitrogens with one attached hydrogen (secondary N) is 1. The number of carbonyl (C=O) groups excluding carboxylic acids is 3. The van der Waals surface area contributed by atoms with Crippen molar-refractivity contribution in [2.45, 2.75) is 20.0 Å². The Bertz CT molecular complexity index is 804. The molecule has 0 aromatic heterocycles. The number of ether oxygens (including phenoxy) is 2. The van der Waals surface area contributed by atoms with E-state index in [0.29, 0.717) is 0 Å². The lowest BCUT2D eigenvalue weighted by molar-refractivity contribution is -0.147. The Morgan fingerprint density at radius 2 is 1.63 bits per heavy atom. The zero-order valence-electron chi connectivity index (χ0n) is 14.4. The normalized spacial score (nSPS) is 10.4. The third-order valence-electron chi connectivity index (χ3n) is 3.43. The van der Waals surface area contributed by atoms with Crippen molar-refractivity contribution in [1.29, 1.82) is 0 Å². The van der Waals surface area contributed by atoms with Gasteiger partial charge < -0.3 is 9.47 Å². The predicted molar refractivity (Wildman–Crippen MR) is 91.4 cm³/mol. The minimum Gasteiger partial charge on any atom is -0.455 e. The molecule has 0 unspecified atom stereocenters.